The monoisotopic (exact) mass is 680 g/mol. The first-order valence-electron chi connectivity index (χ1n) is 17.1. The van der Waals surface area contributed by atoms with Crippen LogP contribution < -0.4 is 9.80 Å². The van der Waals surface area contributed by atoms with Gasteiger partial charge in [-0.25, -0.2) is 4.79 Å². The molecule has 51 heavy (non-hydrogen) atoms. The minimum atomic E-state index is -0.864. The summed E-state index contributed by atoms with van der Waals surface area (Å²) in [6.07, 6.45) is 1.42. The quantitative estimate of drug-likeness (QED) is 0.171. The first kappa shape index (κ1) is 33.5. The van der Waals surface area contributed by atoms with Gasteiger partial charge in [-0.15, -0.1) is 10.2 Å². The van der Waals surface area contributed by atoms with Crippen LogP contribution in [0.15, 0.2) is 115 Å². The summed E-state index contributed by atoms with van der Waals surface area (Å²) in [6.45, 7) is 9.19. The van der Waals surface area contributed by atoms with Gasteiger partial charge in [-0.2, -0.15) is 0 Å². The molecule has 6 aromatic rings. The molecule has 3 heterocycles. The Hall–Kier alpha value is -6.03. The third-order valence-corrected chi connectivity index (χ3v) is 8.93. The van der Waals surface area contributed by atoms with Crippen molar-refractivity contribution in [2.45, 2.75) is 58.6 Å². The SMILES string of the molecule is CC(C)N(C(=O)CN1C(=O)C(Cc2cn(C(=O)OC(C)(C)C)c3ccccc23)c2nnc(-c3ccccc3)n2-c2ccccc21)c1ccccc1. The maximum absolute atomic E-state index is 15.1. The summed E-state index contributed by atoms with van der Waals surface area (Å²) < 4.78 is 9.17. The Morgan fingerprint density at radius 1 is 0.824 bits per heavy atom. The highest BCUT2D eigenvalue weighted by Crippen LogP contribution is 2.39. The fourth-order valence-corrected chi connectivity index (χ4v) is 6.80. The molecule has 1 unspecified atom stereocenters. The fraction of sp³-hybridized carbons (Fsp3) is 0.244. The van der Waals surface area contributed by atoms with E-state index < -0.39 is 17.6 Å². The minimum Gasteiger partial charge on any atom is -0.443 e. The van der Waals surface area contributed by atoms with Gasteiger partial charge < -0.3 is 14.5 Å². The molecule has 7 rings (SSSR count). The molecule has 1 aliphatic rings. The molecule has 0 radical (unpaired) electrons. The maximum Gasteiger partial charge on any atom is 0.419 e. The van der Waals surface area contributed by atoms with Crippen LogP contribution in [0.3, 0.4) is 0 Å². The predicted octanol–water partition coefficient (Wildman–Crippen LogP) is 7.79. The summed E-state index contributed by atoms with van der Waals surface area (Å²) in [5, 5.41) is 10.1. The van der Waals surface area contributed by atoms with E-state index in [1.54, 1.807) is 16.0 Å². The molecule has 0 fully saturated rings. The van der Waals surface area contributed by atoms with Gasteiger partial charge in [-0.3, -0.25) is 18.7 Å². The largest absolute Gasteiger partial charge is 0.443 e. The zero-order valence-electron chi connectivity index (χ0n) is 29.4. The smallest absolute Gasteiger partial charge is 0.419 e. The number of hydrogen-bond acceptors (Lipinski definition) is 6. The molecule has 10 nitrogen and oxygen atoms in total. The van der Waals surface area contributed by atoms with Crippen molar-refractivity contribution in [3.8, 4) is 17.1 Å². The molecule has 0 saturated heterocycles. The van der Waals surface area contributed by atoms with Crippen LogP contribution in [-0.2, 0) is 20.7 Å². The number of anilines is 2. The number of aromatic nitrogens is 4. The van der Waals surface area contributed by atoms with E-state index in [9.17, 15) is 9.59 Å². The van der Waals surface area contributed by atoms with Crippen LogP contribution in [0, 0.1) is 0 Å². The average molecular weight is 681 g/mol. The van der Waals surface area contributed by atoms with E-state index in [4.69, 9.17) is 4.74 Å². The van der Waals surface area contributed by atoms with Gasteiger partial charge in [-0.1, -0.05) is 78.9 Å². The van der Waals surface area contributed by atoms with Gasteiger partial charge in [0, 0.05) is 28.9 Å². The summed E-state index contributed by atoms with van der Waals surface area (Å²) in [4.78, 5) is 46.1. The number of rotatable bonds is 7. The van der Waals surface area contributed by atoms with E-state index in [-0.39, 0.29) is 30.8 Å². The standard InChI is InChI=1S/C41H40N6O4/c1-27(2)46(30-18-10-7-11-19-30)36(48)26-44-34-22-14-15-23-35(34)47-37(28-16-8-6-9-17-28)42-43-38(47)32(39(44)49)24-29-25-45(40(50)51-41(3,4)5)33-21-13-12-20-31(29)33/h6-23,25,27,32H,24,26H2,1-5H3. The van der Waals surface area contributed by atoms with Crippen LogP contribution in [0.25, 0.3) is 28.0 Å². The topological polar surface area (TPSA) is 103 Å². The van der Waals surface area contributed by atoms with Crippen molar-refractivity contribution in [2.75, 3.05) is 16.3 Å². The summed E-state index contributed by atoms with van der Waals surface area (Å²) in [6, 6.07) is 34.2. The Morgan fingerprint density at radius 3 is 2.14 bits per heavy atom. The number of para-hydroxylation sites is 4. The van der Waals surface area contributed by atoms with Gasteiger partial charge in [0.1, 0.15) is 18.1 Å². The van der Waals surface area contributed by atoms with E-state index in [1.807, 2.05) is 148 Å². The number of ether oxygens (including phenoxy) is 1. The Morgan fingerprint density at radius 2 is 1.45 bits per heavy atom. The number of amides is 2. The fourth-order valence-electron chi connectivity index (χ4n) is 6.80. The number of fused-ring (bicyclic) bond motifs is 4. The van der Waals surface area contributed by atoms with Crippen molar-refractivity contribution in [1.82, 2.24) is 19.3 Å². The molecular formula is C41H40N6O4. The van der Waals surface area contributed by atoms with Gasteiger partial charge in [0.05, 0.1) is 16.9 Å². The lowest BCUT2D eigenvalue weighted by atomic mass is 9.96. The predicted molar refractivity (Wildman–Crippen MR) is 198 cm³/mol. The number of carbonyl (C=O) groups is 3. The molecule has 0 spiro atoms. The average Bonchev–Trinajstić information content (AvgIpc) is 3.69. The Balaban J connectivity index is 1.38. The van der Waals surface area contributed by atoms with Crippen molar-refractivity contribution < 1.29 is 19.1 Å². The number of hydrogen-bond donors (Lipinski definition) is 0. The Kier molecular flexibility index (Phi) is 8.76. The molecule has 2 aromatic heterocycles. The lowest BCUT2D eigenvalue weighted by Gasteiger charge is -2.31. The summed E-state index contributed by atoms with van der Waals surface area (Å²) >= 11 is 0. The van der Waals surface area contributed by atoms with Gasteiger partial charge >= 0.3 is 6.09 Å². The van der Waals surface area contributed by atoms with E-state index in [2.05, 4.69) is 10.2 Å². The number of nitrogens with zero attached hydrogens (tertiary/aromatic N) is 6. The molecule has 0 N–H and O–H groups in total. The molecule has 2 amide bonds. The van der Waals surface area contributed by atoms with E-state index in [1.165, 1.54) is 4.57 Å². The molecule has 10 heteroatoms. The third kappa shape index (κ3) is 6.40. The van der Waals surface area contributed by atoms with E-state index >= 15 is 4.79 Å². The van der Waals surface area contributed by atoms with Crippen LogP contribution in [0.5, 0.6) is 0 Å². The Bertz CT molecular complexity index is 2230. The highest BCUT2D eigenvalue weighted by atomic mass is 16.6. The second-order valence-corrected chi connectivity index (χ2v) is 14.0. The summed E-state index contributed by atoms with van der Waals surface area (Å²) in [5.41, 5.74) is 3.57. The lowest BCUT2D eigenvalue weighted by Crippen LogP contribution is -2.47. The first-order valence-corrected chi connectivity index (χ1v) is 17.1. The van der Waals surface area contributed by atoms with Crippen molar-refractivity contribution in [3.63, 3.8) is 0 Å². The van der Waals surface area contributed by atoms with E-state index in [0.29, 0.717) is 28.5 Å². The molecular weight excluding hydrogens is 640 g/mol. The highest BCUT2D eigenvalue weighted by Gasteiger charge is 2.40. The van der Waals surface area contributed by atoms with E-state index in [0.717, 1.165) is 22.2 Å². The van der Waals surface area contributed by atoms with Crippen LogP contribution >= 0.6 is 0 Å². The zero-order valence-corrected chi connectivity index (χ0v) is 29.4. The number of carbonyl (C=O) groups excluding carboxylic acids is 3. The minimum absolute atomic E-state index is 0.156. The van der Waals surface area contributed by atoms with Gasteiger partial charge in [0.2, 0.25) is 11.8 Å². The second kappa shape index (κ2) is 13.4. The summed E-state index contributed by atoms with van der Waals surface area (Å²) in [5.74, 6) is -0.363. The normalized spacial score (nSPS) is 14.3. The van der Waals surface area contributed by atoms with Crippen molar-refractivity contribution >= 4 is 40.2 Å². The van der Waals surface area contributed by atoms with Crippen LogP contribution in [0.4, 0.5) is 16.2 Å². The Labute approximate surface area is 296 Å². The molecule has 1 aliphatic heterocycles. The molecule has 4 aromatic carbocycles. The lowest BCUT2D eigenvalue weighted by molar-refractivity contribution is -0.123. The van der Waals surface area contributed by atoms with Gasteiger partial charge in [-0.05, 0) is 76.9 Å². The van der Waals surface area contributed by atoms with Crippen molar-refractivity contribution in [3.05, 3.63) is 127 Å². The van der Waals surface area contributed by atoms with Crippen molar-refractivity contribution in [1.29, 1.82) is 0 Å². The third-order valence-electron chi connectivity index (χ3n) is 8.93. The molecule has 0 bridgehead atoms. The highest BCUT2D eigenvalue weighted by molar-refractivity contribution is 6.08. The van der Waals surface area contributed by atoms with Crippen molar-refractivity contribution in [2.24, 2.45) is 0 Å². The van der Waals surface area contributed by atoms with Crippen LogP contribution in [0.1, 0.15) is 51.9 Å². The molecule has 1 atom stereocenters. The summed E-state index contributed by atoms with van der Waals surface area (Å²) in [7, 11) is 0. The van der Waals surface area contributed by atoms with Crippen LogP contribution in [0.2, 0.25) is 0 Å². The number of benzene rings is 4. The van der Waals surface area contributed by atoms with Gasteiger partial charge in [0.15, 0.2) is 11.6 Å². The van der Waals surface area contributed by atoms with Crippen LogP contribution in [-0.4, -0.2) is 55.4 Å². The van der Waals surface area contributed by atoms with Gasteiger partial charge in [0.25, 0.3) is 0 Å². The molecule has 0 aliphatic carbocycles. The zero-order chi connectivity index (χ0) is 35.9. The maximum atomic E-state index is 15.1. The first-order chi connectivity index (χ1) is 24.5. The molecule has 0 saturated carbocycles. The molecule has 258 valence electrons. The second-order valence-electron chi connectivity index (χ2n) is 14.0.